The summed E-state index contributed by atoms with van der Waals surface area (Å²) in [7, 11) is 0. The summed E-state index contributed by atoms with van der Waals surface area (Å²) in [5.74, 6) is 0.323. The van der Waals surface area contributed by atoms with Crippen LogP contribution in [0.1, 0.15) is 34.3 Å². The maximum atomic E-state index is 13.5. The minimum Gasteiger partial charge on any atom is -0.467 e. The summed E-state index contributed by atoms with van der Waals surface area (Å²) in [6.07, 6.45) is 3.30. The fourth-order valence-corrected chi connectivity index (χ4v) is 4.87. The Morgan fingerprint density at radius 3 is 2.51 bits per heavy atom. The minimum atomic E-state index is -0.515. The third kappa shape index (κ3) is 3.72. The molecule has 4 heterocycles. The van der Waals surface area contributed by atoms with Gasteiger partial charge < -0.3 is 13.8 Å². The SMILES string of the molecule is O=C(c1ccco1)N1N=C(c2c(-c3ccccc3)c3cc(Br)ccc3[nH]c2=O)C[C@@H]1c1ccco1. The molecule has 1 atom stereocenters. The summed E-state index contributed by atoms with van der Waals surface area (Å²) in [4.78, 5) is 29.8. The molecule has 1 amide bonds. The Labute approximate surface area is 207 Å². The second kappa shape index (κ2) is 8.56. The van der Waals surface area contributed by atoms with Gasteiger partial charge in [0.15, 0.2) is 5.76 Å². The third-order valence-electron chi connectivity index (χ3n) is 6.05. The summed E-state index contributed by atoms with van der Waals surface area (Å²) in [5.41, 5.74) is 2.99. The largest absolute Gasteiger partial charge is 0.467 e. The number of carbonyl (C=O) groups excluding carboxylic acids is 1. The van der Waals surface area contributed by atoms with Crippen molar-refractivity contribution in [2.45, 2.75) is 12.5 Å². The van der Waals surface area contributed by atoms with Crippen LogP contribution in [0.25, 0.3) is 22.0 Å². The number of hydrogen-bond acceptors (Lipinski definition) is 5. The highest BCUT2D eigenvalue weighted by Crippen LogP contribution is 2.38. The van der Waals surface area contributed by atoms with Gasteiger partial charge in [0.1, 0.15) is 11.8 Å². The summed E-state index contributed by atoms with van der Waals surface area (Å²) in [5, 5.41) is 6.88. The van der Waals surface area contributed by atoms with Crippen LogP contribution >= 0.6 is 15.9 Å². The molecular weight excluding hydrogens is 510 g/mol. The molecule has 7 nitrogen and oxygen atoms in total. The molecule has 0 fully saturated rings. The summed E-state index contributed by atoms with van der Waals surface area (Å²) < 4.78 is 11.9. The Morgan fingerprint density at radius 2 is 1.77 bits per heavy atom. The van der Waals surface area contributed by atoms with E-state index in [1.54, 1.807) is 30.5 Å². The van der Waals surface area contributed by atoms with Gasteiger partial charge in [0, 0.05) is 27.4 Å². The van der Waals surface area contributed by atoms with E-state index in [9.17, 15) is 9.59 Å². The van der Waals surface area contributed by atoms with Gasteiger partial charge in [-0.3, -0.25) is 9.59 Å². The van der Waals surface area contributed by atoms with Gasteiger partial charge in [-0.1, -0.05) is 46.3 Å². The molecule has 0 bridgehead atoms. The van der Waals surface area contributed by atoms with Gasteiger partial charge in [0.05, 0.1) is 23.8 Å². The number of amides is 1. The molecule has 6 rings (SSSR count). The molecular formula is C27H18BrN3O4. The molecule has 0 radical (unpaired) electrons. The van der Waals surface area contributed by atoms with Gasteiger partial charge in [-0.2, -0.15) is 5.10 Å². The third-order valence-corrected chi connectivity index (χ3v) is 6.54. The van der Waals surface area contributed by atoms with Gasteiger partial charge in [-0.25, -0.2) is 5.01 Å². The normalized spacial score (nSPS) is 15.5. The number of H-pyrrole nitrogens is 1. The lowest BCUT2D eigenvalue weighted by Crippen LogP contribution is -2.26. The number of aromatic amines is 1. The van der Waals surface area contributed by atoms with E-state index in [2.05, 4.69) is 26.0 Å². The van der Waals surface area contributed by atoms with Crippen LogP contribution in [-0.4, -0.2) is 21.6 Å². The Hall–Kier alpha value is -4.17. The monoisotopic (exact) mass is 527 g/mol. The number of carbonyl (C=O) groups is 1. The molecule has 0 saturated carbocycles. The van der Waals surface area contributed by atoms with Gasteiger partial charge in [-0.15, -0.1) is 0 Å². The van der Waals surface area contributed by atoms with Gasteiger partial charge in [-0.05, 0) is 48.0 Å². The highest BCUT2D eigenvalue weighted by molar-refractivity contribution is 9.10. The predicted octanol–water partition coefficient (Wildman–Crippen LogP) is 6.14. The number of hydrogen-bond donors (Lipinski definition) is 1. The number of furan rings is 2. The number of benzene rings is 2. The van der Waals surface area contributed by atoms with Crippen LogP contribution in [0, 0.1) is 0 Å². The molecule has 0 saturated heterocycles. The van der Waals surface area contributed by atoms with Crippen molar-refractivity contribution in [3.8, 4) is 11.1 Å². The van der Waals surface area contributed by atoms with Crippen molar-refractivity contribution in [1.82, 2.24) is 9.99 Å². The average Bonchev–Trinajstić information content (AvgIpc) is 3.65. The van der Waals surface area contributed by atoms with Crippen molar-refractivity contribution in [3.05, 3.63) is 117 Å². The second-order valence-electron chi connectivity index (χ2n) is 8.17. The van der Waals surface area contributed by atoms with Crippen LogP contribution in [0.4, 0.5) is 0 Å². The maximum Gasteiger partial charge on any atom is 0.310 e. The molecule has 1 aliphatic heterocycles. The van der Waals surface area contributed by atoms with E-state index in [-0.39, 0.29) is 11.3 Å². The molecule has 35 heavy (non-hydrogen) atoms. The van der Waals surface area contributed by atoms with Crippen molar-refractivity contribution in [1.29, 1.82) is 0 Å². The number of nitrogens with one attached hydrogen (secondary N) is 1. The van der Waals surface area contributed by atoms with E-state index in [0.717, 1.165) is 21.0 Å². The molecule has 3 aromatic heterocycles. The molecule has 2 aromatic carbocycles. The van der Waals surface area contributed by atoms with Gasteiger partial charge in [0.2, 0.25) is 0 Å². The zero-order valence-corrected chi connectivity index (χ0v) is 19.9. The molecule has 0 aliphatic carbocycles. The molecule has 0 spiro atoms. The lowest BCUT2D eigenvalue weighted by atomic mass is 9.92. The van der Waals surface area contributed by atoms with E-state index >= 15 is 0 Å². The first kappa shape index (κ1) is 21.4. The van der Waals surface area contributed by atoms with Crippen LogP contribution < -0.4 is 5.56 Å². The minimum absolute atomic E-state index is 0.159. The van der Waals surface area contributed by atoms with E-state index in [1.807, 2.05) is 48.5 Å². The molecule has 1 aliphatic rings. The van der Waals surface area contributed by atoms with Crippen LogP contribution in [0.3, 0.4) is 0 Å². The first-order chi connectivity index (χ1) is 17.1. The summed E-state index contributed by atoms with van der Waals surface area (Å²) >= 11 is 3.55. The maximum absolute atomic E-state index is 13.5. The van der Waals surface area contributed by atoms with Crippen molar-refractivity contribution in [2.75, 3.05) is 0 Å². The topological polar surface area (TPSA) is 91.8 Å². The highest BCUT2D eigenvalue weighted by Gasteiger charge is 2.38. The second-order valence-corrected chi connectivity index (χ2v) is 9.08. The van der Waals surface area contributed by atoms with Crippen molar-refractivity contribution < 1.29 is 13.6 Å². The van der Waals surface area contributed by atoms with Gasteiger partial charge >= 0.3 is 5.91 Å². The average molecular weight is 528 g/mol. The number of hydrazone groups is 1. The molecule has 172 valence electrons. The van der Waals surface area contributed by atoms with E-state index in [4.69, 9.17) is 8.83 Å². The van der Waals surface area contributed by atoms with Crippen LogP contribution in [0.2, 0.25) is 0 Å². The lowest BCUT2D eigenvalue weighted by molar-refractivity contribution is 0.0660. The van der Waals surface area contributed by atoms with E-state index in [1.165, 1.54) is 11.3 Å². The van der Waals surface area contributed by atoms with E-state index < -0.39 is 11.9 Å². The zero-order chi connectivity index (χ0) is 23.9. The van der Waals surface area contributed by atoms with Crippen molar-refractivity contribution >= 4 is 38.5 Å². The number of fused-ring (bicyclic) bond motifs is 1. The zero-order valence-electron chi connectivity index (χ0n) is 18.3. The smallest absolute Gasteiger partial charge is 0.310 e. The Balaban J connectivity index is 1.58. The first-order valence-electron chi connectivity index (χ1n) is 11.0. The molecule has 8 heteroatoms. The van der Waals surface area contributed by atoms with E-state index in [0.29, 0.717) is 29.0 Å². The molecule has 1 N–H and O–H groups in total. The number of rotatable bonds is 4. The van der Waals surface area contributed by atoms with Crippen LogP contribution in [0.5, 0.6) is 0 Å². The van der Waals surface area contributed by atoms with Crippen molar-refractivity contribution in [3.63, 3.8) is 0 Å². The van der Waals surface area contributed by atoms with Gasteiger partial charge in [0.25, 0.3) is 5.56 Å². The predicted molar refractivity (Wildman–Crippen MR) is 135 cm³/mol. The quantitative estimate of drug-likeness (QED) is 0.304. The Morgan fingerprint density at radius 1 is 0.971 bits per heavy atom. The molecule has 0 unspecified atom stereocenters. The van der Waals surface area contributed by atoms with Crippen LogP contribution in [0.15, 0.2) is 109 Å². The number of halogens is 1. The number of nitrogens with zero attached hydrogens (tertiary/aromatic N) is 2. The fourth-order valence-electron chi connectivity index (χ4n) is 4.51. The van der Waals surface area contributed by atoms with Crippen molar-refractivity contribution in [2.24, 2.45) is 5.10 Å². The van der Waals surface area contributed by atoms with Crippen LogP contribution in [-0.2, 0) is 0 Å². The number of aromatic nitrogens is 1. The first-order valence-corrected chi connectivity index (χ1v) is 11.8. The summed E-state index contributed by atoms with van der Waals surface area (Å²) in [6, 6.07) is 21.7. The molecule has 5 aromatic rings. The Kier molecular flexibility index (Phi) is 5.22. The standard InChI is InChI=1S/C27H18BrN3O4/c28-17-10-11-19-18(14-17)24(16-6-2-1-3-7-16)25(26(32)29-19)20-15-21(22-8-4-12-34-22)31(30-20)27(33)23-9-5-13-35-23/h1-14,21H,15H2,(H,29,32)/t21-/m1/s1. The highest BCUT2D eigenvalue weighted by atomic mass is 79.9. The fraction of sp³-hybridized carbons (Fsp3) is 0.0741. The number of pyridine rings is 1. The lowest BCUT2D eigenvalue weighted by Gasteiger charge is -2.18. The Bertz CT molecular complexity index is 1620. The summed E-state index contributed by atoms with van der Waals surface area (Å²) in [6.45, 7) is 0.